The summed E-state index contributed by atoms with van der Waals surface area (Å²) in [5.74, 6) is -0.833. The summed E-state index contributed by atoms with van der Waals surface area (Å²) in [5, 5.41) is -0.386. The van der Waals surface area contributed by atoms with E-state index >= 15 is 0 Å². The average Bonchev–Trinajstić information content (AvgIpc) is 2.11. The van der Waals surface area contributed by atoms with Crippen LogP contribution in [0, 0.1) is 0 Å². The zero-order chi connectivity index (χ0) is 10.7. The molecular formula is C7H7ClN2O4. The molecule has 0 aromatic carbocycles. The van der Waals surface area contributed by atoms with Crippen molar-refractivity contribution in [3.63, 3.8) is 0 Å². The third-order valence-electron chi connectivity index (χ3n) is 1.36. The lowest BCUT2D eigenvalue weighted by molar-refractivity contribution is 0.0519. The standard InChI is InChI=1S/C7H7ClN2O4/c1-2-14-6(12)4-3(8)5(11)10-7(13)9-4/h2H2,1H3,(H2,9,10,11,13). The minimum Gasteiger partial charge on any atom is -0.461 e. The maximum atomic E-state index is 11.1. The number of esters is 1. The van der Waals surface area contributed by atoms with Crippen molar-refractivity contribution in [1.82, 2.24) is 9.97 Å². The molecule has 0 saturated heterocycles. The van der Waals surface area contributed by atoms with E-state index in [-0.39, 0.29) is 17.3 Å². The van der Waals surface area contributed by atoms with Crippen LogP contribution in [-0.4, -0.2) is 22.5 Å². The number of nitrogens with one attached hydrogen (secondary N) is 2. The SMILES string of the molecule is CCOC(=O)c1[nH]c(=O)[nH]c(=O)c1Cl. The summed E-state index contributed by atoms with van der Waals surface area (Å²) >= 11 is 5.48. The number of H-pyrrole nitrogens is 2. The summed E-state index contributed by atoms with van der Waals surface area (Å²) in [5.41, 5.74) is -1.96. The molecule has 0 fully saturated rings. The molecule has 6 nitrogen and oxygen atoms in total. The molecule has 0 saturated carbocycles. The first-order valence-electron chi connectivity index (χ1n) is 3.75. The van der Waals surface area contributed by atoms with E-state index in [0.717, 1.165) is 0 Å². The molecule has 1 rings (SSSR count). The van der Waals surface area contributed by atoms with Gasteiger partial charge < -0.3 is 4.74 Å². The summed E-state index contributed by atoms with van der Waals surface area (Å²) in [6.45, 7) is 1.72. The van der Waals surface area contributed by atoms with Crippen LogP contribution in [0.4, 0.5) is 0 Å². The fourth-order valence-corrected chi connectivity index (χ4v) is 0.987. The van der Waals surface area contributed by atoms with Crippen molar-refractivity contribution in [1.29, 1.82) is 0 Å². The third kappa shape index (κ3) is 2.02. The number of hydrogen-bond donors (Lipinski definition) is 2. The molecule has 76 valence electrons. The van der Waals surface area contributed by atoms with Gasteiger partial charge in [0, 0.05) is 0 Å². The topological polar surface area (TPSA) is 92.0 Å². The van der Waals surface area contributed by atoms with Gasteiger partial charge in [0.2, 0.25) is 0 Å². The summed E-state index contributed by atoms with van der Waals surface area (Å²) in [7, 11) is 0. The van der Waals surface area contributed by atoms with Crippen molar-refractivity contribution in [3.05, 3.63) is 31.6 Å². The van der Waals surface area contributed by atoms with Crippen LogP contribution in [0.15, 0.2) is 9.59 Å². The summed E-state index contributed by atoms with van der Waals surface area (Å²) in [4.78, 5) is 36.8. The number of aromatic nitrogens is 2. The predicted molar refractivity (Wildman–Crippen MR) is 48.6 cm³/mol. The zero-order valence-electron chi connectivity index (χ0n) is 7.22. The Balaban J connectivity index is 3.27. The normalized spacial score (nSPS) is 9.86. The van der Waals surface area contributed by atoms with Crippen molar-refractivity contribution in [2.24, 2.45) is 0 Å². The molecule has 0 aliphatic carbocycles. The van der Waals surface area contributed by atoms with Crippen LogP contribution >= 0.6 is 11.6 Å². The van der Waals surface area contributed by atoms with Gasteiger partial charge in [0.1, 0.15) is 5.02 Å². The van der Waals surface area contributed by atoms with Crippen molar-refractivity contribution in [3.8, 4) is 0 Å². The largest absolute Gasteiger partial charge is 0.461 e. The van der Waals surface area contributed by atoms with Crippen LogP contribution in [0.5, 0.6) is 0 Å². The molecule has 2 N–H and O–H groups in total. The number of halogens is 1. The molecule has 14 heavy (non-hydrogen) atoms. The smallest absolute Gasteiger partial charge is 0.356 e. The van der Waals surface area contributed by atoms with E-state index in [1.54, 1.807) is 6.92 Å². The van der Waals surface area contributed by atoms with Gasteiger partial charge in [0.05, 0.1) is 6.61 Å². The van der Waals surface area contributed by atoms with E-state index in [1.807, 2.05) is 4.98 Å². The van der Waals surface area contributed by atoms with Gasteiger partial charge in [-0.1, -0.05) is 11.6 Å². The summed E-state index contributed by atoms with van der Waals surface area (Å²) < 4.78 is 4.57. The number of ether oxygens (including phenoxy) is 1. The Bertz CT molecular complexity index is 461. The highest BCUT2D eigenvalue weighted by molar-refractivity contribution is 6.33. The lowest BCUT2D eigenvalue weighted by Gasteiger charge is -2.01. The van der Waals surface area contributed by atoms with Crippen LogP contribution in [-0.2, 0) is 4.74 Å². The summed E-state index contributed by atoms with van der Waals surface area (Å²) in [6, 6.07) is 0. The first-order chi connectivity index (χ1) is 6.56. The van der Waals surface area contributed by atoms with Crippen LogP contribution in [0.3, 0.4) is 0 Å². The number of carbonyl (C=O) groups excluding carboxylic acids is 1. The van der Waals surface area contributed by atoms with Gasteiger partial charge >= 0.3 is 11.7 Å². The Morgan fingerprint density at radius 3 is 2.64 bits per heavy atom. The number of carbonyl (C=O) groups is 1. The number of rotatable bonds is 2. The first-order valence-corrected chi connectivity index (χ1v) is 4.13. The molecule has 1 aromatic heterocycles. The molecule has 0 aliphatic rings. The van der Waals surface area contributed by atoms with E-state index in [1.165, 1.54) is 0 Å². The third-order valence-corrected chi connectivity index (χ3v) is 1.72. The molecule has 0 aliphatic heterocycles. The van der Waals surface area contributed by atoms with Crippen molar-refractivity contribution in [2.45, 2.75) is 6.92 Å². The molecule has 1 heterocycles. The summed E-state index contributed by atoms with van der Waals surface area (Å²) in [6.07, 6.45) is 0. The minimum atomic E-state index is -0.833. The van der Waals surface area contributed by atoms with Crippen molar-refractivity contribution >= 4 is 17.6 Å². The Morgan fingerprint density at radius 2 is 2.07 bits per heavy atom. The van der Waals surface area contributed by atoms with Crippen molar-refractivity contribution < 1.29 is 9.53 Å². The van der Waals surface area contributed by atoms with Crippen LogP contribution in [0.1, 0.15) is 17.4 Å². The van der Waals surface area contributed by atoms with E-state index in [0.29, 0.717) is 0 Å². The average molecular weight is 219 g/mol. The second-order valence-electron chi connectivity index (χ2n) is 2.32. The zero-order valence-corrected chi connectivity index (χ0v) is 7.97. The van der Waals surface area contributed by atoms with Gasteiger partial charge in [0.15, 0.2) is 5.69 Å². The fourth-order valence-electron chi connectivity index (χ4n) is 0.815. The highest BCUT2D eigenvalue weighted by Gasteiger charge is 2.15. The number of aromatic amines is 2. The monoisotopic (exact) mass is 218 g/mol. The maximum absolute atomic E-state index is 11.1. The van der Waals surface area contributed by atoms with Crippen molar-refractivity contribution in [2.75, 3.05) is 6.61 Å². The van der Waals surface area contributed by atoms with E-state index in [9.17, 15) is 14.4 Å². The fraction of sp³-hybridized carbons (Fsp3) is 0.286. The van der Waals surface area contributed by atoms with E-state index in [4.69, 9.17) is 11.6 Å². The molecule has 0 spiro atoms. The van der Waals surface area contributed by atoms with Crippen LogP contribution < -0.4 is 11.2 Å². The van der Waals surface area contributed by atoms with E-state index < -0.39 is 17.2 Å². The molecule has 0 bridgehead atoms. The Kier molecular flexibility index (Phi) is 3.08. The number of hydrogen-bond acceptors (Lipinski definition) is 4. The van der Waals surface area contributed by atoms with Gasteiger partial charge in [-0.05, 0) is 6.92 Å². The quantitative estimate of drug-likeness (QED) is 0.678. The Labute approximate surface area is 82.9 Å². The molecule has 0 amide bonds. The van der Waals surface area contributed by atoms with Crippen LogP contribution in [0.25, 0.3) is 0 Å². The highest BCUT2D eigenvalue weighted by atomic mass is 35.5. The van der Waals surface area contributed by atoms with Gasteiger partial charge in [0.25, 0.3) is 5.56 Å². The van der Waals surface area contributed by atoms with Gasteiger partial charge in [-0.25, -0.2) is 9.59 Å². The van der Waals surface area contributed by atoms with Gasteiger partial charge in [-0.2, -0.15) is 0 Å². The molecule has 7 heteroatoms. The molecule has 0 atom stereocenters. The first kappa shape index (κ1) is 10.5. The maximum Gasteiger partial charge on any atom is 0.356 e. The lowest BCUT2D eigenvalue weighted by Crippen LogP contribution is -2.27. The predicted octanol–water partition coefficient (Wildman–Crippen LogP) is -0.107. The Morgan fingerprint density at radius 1 is 1.43 bits per heavy atom. The molecule has 0 unspecified atom stereocenters. The second kappa shape index (κ2) is 4.10. The Hall–Kier alpha value is -1.56. The van der Waals surface area contributed by atoms with Crippen LogP contribution in [0.2, 0.25) is 5.02 Å². The van der Waals surface area contributed by atoms with Gasteiger partial charge in [-0.3, -0.25) is 14.8 Å². The molecule has 0 radical (unpaired) electrons. The molecule has 1 aromatic rings. The lowest BCUT2D eigenvalue weighted by atomic mass is 10.4. The van der Waals surface area contributed by atoms with Gasteiger partial charge in [-0.15, -0.1) is 0 Å². The second-order valence-corrected chi connectivity index (χ2v) is 2.70. The minimum absolute atomic E-state index is 0.129. The molecular weight excluding hydrogens is 212 g/mol. The van der Waals surface area contributed by atoms with E-state index in [2.05, 4.69) is 9.72 Å². The highest BCUT2D eigenvalue weighted by Crippen LogP contribution is 2.06.